The molecule has 0 aliphatic carbocycles. The topological polar surface area (TPSA) is 24.1 Å². The Balaban J connectivity index is 1.88. The molecule has 0 saturated heterocycles. The molecule has 2 N–H and O–H groups in total. The number of benzene rings is 2. The second-order valence-electron chi connectivity index (χ2n) is 4.72. The normalized spacial score (nSPS) is 12.5. The first-order chi connectivity index (χ1) is 9.38. The van der Waals surface area contributed by atoms with Gasteiger partial charge in [-0.1, -0.05) is 36.0 Å². The molecule has 1 aliphatic rings. The summed E-state index contributed by atoms with van der Waals surface area (Å²) in [5.74, 6) is 0. The van der Waals surface area contributed by atoms with Crippen LogP contribution in [0, 0.1) is 0 Å². The summed E-state index contributed by atoms with van der Waals surface area (Å²) < 4.78 is 0. The van der Waals surface area contributed by atoms with Crippen molar-refractivity contribution in [3.8, 4) is 0 Å². The Bertz CT molecular complexity index is 581. The summed E-state index contributed by atoms with van der Waals surface area (Å²) in [7, 11) is 2.00. The van der Waals surface area contributed by atoms with Crippen molar-refractivity contribution in [1.82, 2.24) is 5.32 Å². The third-order valence-electron chi connectivity index (χ3n) is 3.35. The van der Waals surface area contributed by atoms with Crippen LogP contribution in [0.3, 0.4) is 0 Å². The van der Waals surface area contributed by atoms with Crippen LogP contribution in [0.4, 0.5) is 11.4 Å². The van der Waals surface area contributed by atoms with Gasteiger partial charge in [-0.2, -0.15) is 0 Å². The van der Waals surface area contributed by atoms with E-state index in [0.717, 1.165) is 13.0 Å². The Morgan fingerprint density at radius 3 is 2.79 bits per heavy atom. The van der Waals surface area contributed by atoms with Gasteiger partial charge in [0.15, 0.2) is 0 Å². The van der Waals surface area contributed by atoms with Crippen molar-refractivity contribution >= 4 is 23.1 Å². The molecule has 1 aliphatic heterocycles. The molecule has 0 unspecified atom stereocenters. The maximum Gasteiger partial charge on any atom is 0.0558 e. The van der Waals surface area contributed by atoms with Gasteiger partial charge in [0, 0.05) is 9.79 Å². The Labute approximate surface area is 118 Å². The number of hydrogen-bond donors (Lipinski definition) is 2. The van der Waals surface area contributed by atoms with Crippen molar-refractivity contribution in [3.63, 3.8) is 0 Å². The molecule has 0 bridgehead atoms. The number of anilines is 2. The number of fused-ring (bicyclic) bond motifs is 2. The van der Waals surface area contributed by atoms with E-state index in [9.17, 15) is 0 Å². The third-order valence-corrected chi connectivity index (χ3v) is 4.49. The van der Waals surface area contributed by atoms with E-state index >= 15 is 0 Å². The molecule has 0 radical (unpaired) electrons. The van der Waals surface area contributed by atoms with Crippen molar-refractivity contribution in [3.05, 3.63) is 48.0 Å². The monoisotopic (exact) mass is 270 g/mol. The van der Waals surface area contributed by atoms with Crippen molar-refractivity contribution in [2.24, 2.45) is 0 Å². The quantitative estimate of drug-likeness (QED) is 0.699. The number of rotatable bonds is 4. The van der Waals surface area contributed by atoms with E-state index < -0.39 is 0 Å². The van der Waals surface area contributed by atoms with Crippen molar-refractivity contribution in [2.75, 3.05) is 18.9 Å². The molecular formula is C16H18N2S. The molecular weight excluding hydrogens is 252 g/mol. The molecule has 3 rings (SSSR count). The summed E-state index contributed by atoms with van der Waals surface area (Å²) in [4.78, 5) is 2.64. The summed E-state index contributed by atoms with van der Waals surface area (Å²) >= 11 is 1.86. The summed E-state index contributed by atoms with van der Waals surface area (Å²) in [6, 6.07) is 15.1. The molecule has 2 nitrogen and oxygen atoms in total. The molecule has 3 heteroatoms. The minimum absolute atomic E-state index is 1.06. The lowest BCUT2D eigenvalue weighted by Crippen LogP contribution is -2.09. The van der Waals surface area contributed by atoms with Gasteiger partial charge in [0.25, 0.3) is 0 Å². The zero-order valence-corrected chi connectivity index (χ0v) is 11.9. The van der Waals surface area contributed by atoms with E-state index in [4.69, 9.17) is 0 Å². The molecule has 2 aromatic rings. The lowest BCUT2D eigenvalue weighted by molar-refractivity contribution is 0.725. The third kappa shape index (κ3) is 2.62. The zero-order valence-electron chi connectivity index (χ0n) is 11.1. The highest BCUT2D eigenvalue weighted by molar-refractivity contribution is 7.99. The van der Waals surface area contributed by atoms with Gasteiger partial charge in [0.1, 0.15) is 0 Å². The minimum Gasteiger partial charge on any atom is -0.353 e. The summed E-state index contributed by atoms with van der Waals surface area (Å²) in [6.07, 6.45) is 2.28. The van der Waals surface area contributed by atoms with Gasteiger partial charge in [0.05, 0.1) is 11.4 Å². The first kappa shape index (κ1) is 12.6. The standard InChI is InChI=1S/C16H18N2S/c1-17-11-5-7-12-6-4-10-15-16(12)18-13-8-2-3-9-14(13)19-15/h2-4,6,8-10,17-18H,5,7,11H2,1H3. The van der Waals surface area contributed by atoms with Gasteiger partial charge in [-0.15, -0.1) is 0 Å². The lowest BCUT2D eigenvalue weighted by atomic mass is 10.1. The molecule has 0 amide bonds. The average molecular weight is 270 g/mol. The highest BCUT2D eigenvalue weighted by atomic mass is 32.2. The van der Waals surface area contributed by atoms with Crippen LogP contribution < -0.4 is 10.6 Å². The molecule has 98 valence electrons. The van der Waals surface area contributed by atoms with Crippen molar-refractivity contribution in [1.29, 1.82) is 0 Å². The van der Waals surface area contributed by atoms with Gasteiger partial charge < -0.3 is 10.6 Å². The highest BCUT2D eigenvalue weighted by Crippen LogP contribution is 2.45. The van der Waals surface area contributed by atoms with Crippen LogP contribution in [0.2, 0.25) is 0 Å². The van der Waals surface area contributed by atoms with E-state index in [1.165, 1.54) is 33.2 Å². The summed E-state index contributed by atoms with van der Waals surface area (Å²) in [6.45, 7) is 1.06. The molecule has 0 spiro atoms. The van der Waals surface area contributed by atoms with Gasteiger partial charge in [-0.25, -0.2) is 0 Å². The first-order valence-corrected chi connectivity index (χ1v) is 7.50. The lowest BCUT2D eigenvalue weighted by Gasteiger charge is -2.23. The van der Waals surface area contributed by atoms with Crippen LogP contribution in [-0.4, -0.2) is 13.6 Å². The minimum atomic E-state index is 1.06. The zero-order chi connectivity index (χ0) is 13.1. The molecule has 0 fully saturated rings. The van der Waals surface area contributed by atoms with E-state index in [1.54, 1.807) is 0 Å². The molecule has 0 saturated carbocycles. The molecule has 0 aromatic heterocycles. The van der Waals surface area contributed by atoms with Crippen LogP contribution in [-0.2, 0) is 6.42 Å². The molecule has 2 aromatic carbocycles. The Morgan fingerprint density at radius 1 is 1.05 bits per heavy atom. The van der Waals surface area contributed by atoms with Gasteiger partial charge >= 0.3 is 0 Å². The van der Waals surface area contributed by atoms with Crippen LogP contribution in [0.25, 0.3) is 0 Å². The smallest absolute Gasteiger partial charge is 0.0558 e. The van der Waals surface area contributed by atoms with Gasteiger partial charge in [0.2, 0.25) is 0 Å². The number of para-hydroxylation sites is 2. The fourth-order valence-corrected chi connectivity index (χ4v) is 3.42. The SMILES string of the molecule is CNCCCc1cccc2c1Nc1ccccc1S2. The molecule has 0 atom stereocenters. The average Bonchev–Trinajstić information content (AvgIpc) is 2.46. The second kappa shape index (κ2) is 5.68. The summed E-state index contributed by atoms with van der Waals surface area (Å²) in [5, 5.41) is 6.80. The predicted octanol–water partition coefficient (Wildman–Crippen LogP) is 4.05. The van der Waals surface area contributed by atoms with Crippen LogP contribution in [0.15, 0.2) is 52.3 Å². The fourth-order valence-electron chi connectivity index (χ4n) is 2.38. The highest BCUT2D eigenvalue weighted by Gasteiger charge is 2.17. The van der Waals surface area contributed by atoms with E-state index in [2.05, 4.69) is 53.1 Å². The fraction of sp³-hybridized carbons (Fsp3) is 0.250. The Hall–Kier alpha value is -1.45. The van der Waals surface area contributed by atoms with Crippen molar-refractivity contribution in [2.45, 2.75) is 22.6 Å². The molecule has 1 heterocycles. The summed E-state index contributed by atoms with van der Waals surface area (Å²) in [5.41, 5.74) is 3.93. The largest absolute Gasteiger partial charge is 0.353 e. The van der Waals surface area contributed by atoms with E-state index in [-0.39, 0.29) is 0 Å². The van der Waals surface area contributed by atoms with E-state index in [1.807, 2.05) is 18.8 Å². The van der Waals surface area contributed by atoms with Crippen LogP contribution in [0.5, 0.6) is 0 Å². The molecule has 19 heavy (non-hydrogen) atoms. The maximum absolute atomic E-state index is 3.59. The Kier molecular flexibility index (Phi) is 3.76. The number of hydrogen-bond acceptors (Lipinski definition) is 3. The van der Waals surface area contributed by atoms with Crippen molar-refractivity contribution < 1.29 is 0 Å². The van der Waals surface area contributed by atoms with Gasteiger partial charge in [-0.3, -0.25) is 0 Å². The number of aryl methyl sites for hydroxylation is 1. The van der Waals surface area contributed by atoms with Crippen LogP contribution in [0.1, 0.15) is 12.0 Å². The van der Waals surface area contributed by atoms with Crippen LogP contribution >= 0.6 is 11.8 Å². The Morgan fingerprint density at radius 2 is 1.89 bits per heavy atom. The van der Waals surface area contributed by atoms with E-state index in [0.29, 0.717) is 0 Å². The van der Waals surface area contributed by atoms with Gasteiger partial charge in [-0.05, 0) is 50.2 Å². The predicted molar refractivity (Wildman–Crippen MR) is 82.5 cm³/mol. The maximum atomic E-state index is 3.59. The second-order valence-corrected chi connectivity index (χ2v) is 5.80. The first-order valence-electron chi connectivity index (χ1n) is 6.69. The number of nitrogens with one attached hydrogen (secondary N) is 2.